The summed E-state index contributed by atoms with van der Waals surface area (Å²) in [5.74, 6) is -1.44. The Morgan fingerprint density at radius 1 is 1.50 bits per heavy atom. The predicted octanol–water partition coefficient (Wildman–Crippen LogP) is 2.64. The molecule has 1 atom stereocenters. The molecule has 1 aromatic rings. The van der Waals surface area contributed by atoms with Crippen molar-refractivity contribution in [1.29, 1.82) is 0 Å². The number of halogens is 1. The van der Waals surface area contributed by atoms with Crippen LogP contribution in [0, 0.1) is 21.8 Å². The summed E-state index contributed by atoms with van der Waals surface area (Å²) in [6.07, 6.45) is 0. The van der Waals surface area contributed by atoms with E-state index in [9.17, 15) is 19.3 Å². The summed E-state index contributed by atoms with van der Waals surface area (Å²) in [5, 5.41) is 10.9. The Morgan fingerprint density at radius 3 is 2.65 bits per heavy atom. The van der Waals surface area contributed by atoms with Gasteiger partial charge in [0.25, 0.3) is 5.69 Å². The van der Waals surface area contributed by atoms with Gasteiger partial charge in [-0.15, -0.1) is 11.8 Å². The molecule has 0 heterocycles. The molecule has 0 bridgehead atoms. The van der Waals surface area contributed by atoms with E-state index in [4.69, 9.17) is 4.74 Å². The van der Waals surface area contributed by atoms with Crippen molar-refractivity contribution in [3.63, 3.8) is 0 Å². The molecule has 1 aromatic carbocycles. The van der Waals surface area contributed by atoms with E-state index >= 15 is 0 Å². The van der Waals surface area contributed by atoms with Crippen LogP contribution in [0.1, 0.15) is 6.92 Å². The summed E-state index contributed by atoms with van der Waals surface area (Å²) in [7, 11) is 2.54. The van der Waals surface area contributed by atoms with Crippen molar-refractivity contribution in [3.05, 3.63) is 28.1 Å². The summed E-state index contributed by atoms with van der Waals surface area (Å²) < 4.78 is 22.8. The van der Waals surface area contributed by atoms with E-state index in [1.165, 1.54) is 20.3 Å². The number of nitro benzene ring substituents is 1. The van der Waals surface area contributed by atoms with Gasteiger partial charge in [0.2, 0.25) is 0 Å². The molecule has 0 aliphatic rings. The molecule has 8 heteroatoms. The van der Waals surface area contributed by atoms with E-state index in [-0.39, 0.29) is 22.1 Å². The van der Waals surface area contributed by atoms with Crippen LogP contribution < -0.4 is 4.74 Å². The summed E-state index contributed by atoms with van der Waals surface area (Å²) in [4.78, 5) is 21.7. The van der Waals surface area contributed by atoms with E-state index in [0.29, 0.717) is 0 Å². The lowest BCUT2D eigenvalue weighted by Gasteiger charge is -2.10. The molecule has 0 amide bonds. The topological polar surface area (TPSA) is 78.7 Å². The molecule has 1 rings (SSSR count). The minimum absolute atomic E-state index is 0.0798. The summed E-state index contributed by atoms with van der Waals surface area (Å²) in [6, 6.07) is 2.06. The Bertz CT molecular complexity index is 523. The smallest absolute Gasteiger partial charge is 0.309 e. The first-order valence-corrected chi connectivity index (χ1v) is 6.61. The van der Waals surface area contributed by atoms with Gasteiger partial charge in [0.1, 0.15) is 0 Å². The first-order valence-electron chi connectivity index (χ1n) is 5.63. The maximum atomic E-state index is 13.5. The van der Waals surface area contributed by atoms with Gasteiger partial charge < -0.3 is 9.47 Å². The van der Waals surface area contributed by atoms with E-state index < -0.39 is 22.6 Å². The SMILES string of the molecule is COC(=O)C(C)CSc1cc(OC)c(F)cc1[N+](=O)[O-]. The largest absolute Gasteiger partial charge is 0.494 e. The van der Waals surface area contributed by atoms with Crippen LogP contribution in [-0.2, 0) is 9.53 Å². The van der Waals surface area contributed by atoms with Gasteiger partial charge in [-0.1, -0.05) is 6.92 Å². The third kappa shape index (κ3) is 3.83. The minimum atomic E-state index is -0.801. The first-order chi connectivity index (χ1) is 9.40. The standard InChI is InChI=1S/C12H14FNO5S/c1-7(12(15)19-3)6-20-11-5-10(18-2)8(13)4-9(11)14(16)17/h4-5,7H,6H2,1-3H3. The van der Waals surface area contributed by atoms with Crippen molar-refractivity contribution >= 4 is 23.4 Å². The third-order valence-electron chi connectivity index (χ3n) is 2.52. The highest BCUT2D eigenvalue weighted by atomic mass is 32.2. The molecule has 0 N–H and O–H groups in total. The van der Waals surface area contributed by atoms with E-state index in [1.54, 1.807) is 6.92 Å². The van der Waals surface area contributed by atoms with Crippen LogP contribution in [0.3, 0.4) is 0 Å². The number of rotatable bonds is 6. The number of thioether (sulfide) groups is 1. The van der Waals surface area contributed by atoms with E-state index in [2.05, 4.69) is 4.74 Å². The number of nitrogens with zero attached hydrogens (tertiary/aromatic N) is 1. The molecule has 0 saturated heterocycles. The second-order valence-corrected chi connectivity index (χ2v) is 5.01. The fourth-order valence-corrected chi connectivity index (χ4v) is 2.46. The molecule has 20 heavy (non-hydrogen) atoms. The Kier molecular flexibility index (Phi) is 5.75. The van der Waals surface area contributed by atoms with Crippen LogP contribution in [0.25, 0.3) is 0 Å². The summed E-state index contributed by atoms with van der Waals surface area (Å²) in [5.41, 5.74) is -0.356. The fraction of sp³-hybridized carbons (Fsp3) is 0.417. The zero-order chi connectivity index (χ0) is 15.3. The van der Waals surface area contributed by atoms with Gasteiger partial charge in [0, 0.05) is 11.8 Å². The van der Waals surface area contributed by atoms with Gasteiger partial charge in [-0.05, 0) is 0 Å². The molecular formula is C12H14FNO5S. The molecule has 0 saturated carbocycles. The van der Waals surface area contributed by atoms with Crippen molar-refractivity contribution in [1.82, 2.24) is 0 Å². The average Bonchev–Trinajstić information content (AvgIpc) is 2.43. The van der Waals surface area contributed by atoms with Crippen molar-refractivity contribution < 1.29 is 23.6 Å². The molecule has 0 aromatic heterocycles. The van der Waals surface area contributed by atoms with Crippen molar-refractivity contribution in [2.24, 2.45) is 5.92 Å². The number of hydrogen-bond donors (Lipinski definition) is 0. The van der Waals surface area contributed by atoms with Crippen LogP contribution >= 0.6 is 11.8 Å². The first kappa shape index (κ1) is 16.2. The molecule has 0 spiro atoms. The van der Waals surface area contributed by atoms with Crippen molar-refractivity contribution in [2.45, 2.75) is 11.8 Å². The van der Waals surface area contributed by atoms with Crippen molar-refractivity contribution in [2.75, 3.05) is 20.0 Å². The van der Waals surface area contributed by atoms with Crippen LogP contribution in [0.15, 0.2) is 17.0 Å². The number of benzene rings is 1. The van der Waals surface area contributed by atoms with Crippen LogP contribution in [0.4, 0.5) is 10.1 Å². The summed E-state index contributed by atoms with van der Waals surface area (Å²) >= 11 is 1.08. The Balaban J connectivity index is 2.98. The number of ether oxygens (including phenoxy) is 2. The lowest BCUT2D eigenvalue weighted by Crippen LogP contribution is -2.14. The second-order valence-electron chi connectivity index (χ2n) is 3.95. The maximum absolute atomic E-state index is 13.5. The lowest BCUT2D eigenvalue weighted by atomic mass is 10.2. The molecular weight excluding hydrogens is 289 g/mol. The number of esters is 1. The summed E-state index contributed by atoms with van der Waals surface area (Å²) in [6.45, 7) is 1.64. The number of nitro groups is 1. The zero-order valence-corrected chi connectivity index (χ0v) is 12.0. The molecule has 6 nitrogen and oxygen atoms in total. The quantitative estimate of drug-likeness (QED) is 0.348. The fourth-order valence-electron chi connectivity index (χ4n) is 1.42. The zero-order valence-electron chi connectivity index (χ0n) is 11.2. The molecule has 0 radical (unpaired) electrons. The minimum Gasteiger partial charge on any atom is -0.494 e. The van der Waals surface area contributed by atoms with Crippen LogP contribution in [0.2, 0.25) is 0 Å². The van der Waals surface area contributed by atoms with Gasteiger partial charge in [0.15, 0.2) is 11.6 Å². The maximum Gasteiger partial charge on any atom is 0.309 e. The highest BCUT2D eigenvalue weighted by molar-refractivity contribution is 7.99. The van der Waals surface area contributed by atoms with Gasteiger partial charge in [-0.2, -0.15) is 0 Å². The van der Waals surface area contributed by atoms with Gasteiger partial charge in [-0.25, -0.2) is 4.39 Å². The number of methoxy groups -OCH3 is 2. The number of carbonyl (C=O) groups excluding carboxylic acids is 1. The van der Waals surface area contributed by atoms with Crippen LogP contribution in [0.5, 0.6) is 5.75 Å². The average molecular weight is 303 g/mol. The number of carbonyl (C=O) groups is 1. The molecule has 110 valence electrons. The monoisotopic (exact) mass is 303 g/mol. The molecule has 0 fully saturated rings. The van der Waals surface area contributed by atoms with E-state index in [0.717, 1.165) is 17.8 Å². The van der Waals surface area contributed by atoms with Gasteiger partial charge in [0.05, 0.1) is 36.0 Å². The predicted molar refractivity (Wildman–Crippen MR) is 71.5 cm³/mol. The highest BCUT2D eigenvalue weighted by Crippen LogP contribution is 2.35. The molecule has 1 unspecified atom stereocenters. The molecule has 0 aliphatic heterocycles. The third-order valence-corrected chi connectivity index (χ3v) is 3.83. The second kappa shape index (κ2) is 7.09. The Labute approximate surface area is 119 Å². The van der Waals surface area contributed by atoms with Crippen LogP contribution in [-0.4, -0.2) is 30.9 Å². The Hall–Kier alpha value is -1.83. The highest BCUT2D eigenvalue weighted by Gasteiger charge is 2.21. The normalized spacial score (nSPS) is 11.8. The Morgan fingerprint density at radius 2 is 2.15 bits per heavy atom. The van der Waals surface area contributed by atoms with Gasteiger partial charge in [-0.3, -0.25) is 14.9 Å². The number of hydrogen-bond acceptors (Lipinski definition) is 6. The van der Waals surface area contributed by atoms with E-state index in [1.807, 2.05) is 0 Å². The van der Waals surface area contributed by atoms with Gasteiger partial charge >= 0.3 is 5.97 Å². The lowest BCUT2D eigenvalue weighted by molar-refractivity contribution is -0.387. The molecule has 0 aliphatic carbocycles. The van der Waals surface area contributed by atoms with Crippen molar-refractivity contribution in [3.8, 4) is 5.75 Å².